The highest BCUT2D eigenvalue weighted by atomic mass is 32.1. The third-order valence-electron chi connectivity index (χ3n) is 2.84. The normalized spacial score (nSPS) is 10.0. The summed E-state index contributed by atoms with van der Waals surface area (Å²) in [7, 11) is 0. The summed E-state index contributed by atoms with van der Waals surface area (Å²) >= 11 is 4.87. The number of hydrogen-bond acceptors (Lipinski definition) is 3. The Hall–Kier alpha value is -2.40. The van der Waals surface area contributed by atoms with Crippen LogP contribution < -0.4 is 11.1 Å². The van der Waals surface area contributed by atoms with Gasteiger partial charge in [-0.3, -0.25) is 4.79 Å². The molecule has 5 heteroatoms. The van der Waals surface area contributed by atoms with Gasteiger partial charge in [0.2, 0.25) is 0 Å². The molecule has 2 aromatic rings. The molecule has 4 N–H and O–H groups in total. The minimum Gasteiger partial charge on any atom is -0.507 e. The molecule has 0 aliphatic heterocycles. The van der Waals surface area contributed by atoms with Crippen LogP contribution in [0.3, 0.4) is 0 Å². The Morgan fingerprint density at radius 2 is 1.80 bits per heavy atom. The Balaban J connectivity index is 2.00. The van der Waals surface area contributed by atoms with Crippen LogP contribution in [-0.4, -0.2) is 16.0 Å². The molecule has 0 aromatic heterocycles. The van der Waals surface area contributed by atoms with E-state index in [0.29, 0.717) is 11.5 Å². The molecule has 0 unspecified atom stereocenters. The van der Waals surface area contributed by atoms with Crippen LogP contribution in [0, 0.1) is 0 Å². The smallest absolute Gasteiger partial charge is 0.255 e. The first-order valence-electron chi connectivity index (χ1n) is 6.03. The van der Waals surface area contributed by atoms with Crippen molar-refractivity contribution in [3.8, 4) is 5.75 Å². The average Bonchev–Trinajstić information content (AvgIpc) is 2.45. The van der Waals surface area contributed by atoms with E-state index >= 15 is 0 Å². The SMILES string of the molecule is NC(=S)c1ccc(CNC(=O)c2ccccc2O)cc1. The molecular formula is C15H14N2O2S. The van der Waals surface area contributed by atoms with E-state index in [9.17, 15) is 9.90 Å². The molecule has 20 heavy (non-hydrogen) atoms. The van der Waals surface area contributed by atoms with Crippen molar-refractivity contribution in [2.45, 2.75) is 6.54 Å². The van der Waals surface area contributed by atoms with E-state index in [4.69, 9.17) is 18.0 Å². The summed E-state index contributed by atoms with van der Waals surface area (Å²) < 4.78 is 0. The number of nitrogens with one attached hydrogen (secondary N) is 1. The number of phenolic OH excluding ortho intramolecular Hbond substituents is 1. The summed E-state index contributed by atoms with van der Waals surface area (Å²) in [6.07, 6.45) is 0. The van der Waals surface area contributed by atoms with Gasteiger partial charge in [0.25, 0.3) is 5.91 Å². The lowest BCUT2D eigenvalue weighted by Crippen LogP contribution is -2.22. The van der Waals surface area contributed by atoms with E-state index < -0.39 is 0 Å². The van der Waals surface area contributed by atoms with Gasteiger partial charge in [-0.05, 0) is 17.7 Å². The third kappa shape index (κ3) is 3.33. The summed E-state index contributed by atoms with van der Waals surface area (Å²) in [5.74, 6) is -0.352. The number of hydrogen-bond donors (Lipinski definition) is 3. The van der Waals surface area contributed by atoms with Crippen LogP contribution >= 0.6 is 12.2 Å². The van der Waals surface area contributed by atoms with E-state index in [1.54, 1.807) is 18.2 Å². The van der Waals surface area contributed by atoms with Crippen LogP contribution in [0.4, 0.5) is 0 Å². The van der Waals surface area contributed by atoms with Crippen molar-refractivity contribution in [2.75, 3.05) is 0 Å². The number of amides is 1. The lowest BCUT2D eigenvalue weighted by Gasteiger charge is -2.07. The maximum Gasteiger partial charge on any atom is 0.255 e. The molecule has 102 valence electrons. The molecule has 0 aliphatic carbocycles. The molecule has 2 rings (SSSR count). The molecule has 0 atom stereocenters. The number of rotatable bonds is 4. The Bertz CT molecular complexity index is 639. The number of nitrogens with two attached hydrogens (primary N) is 1. The van der Waals surface area contributed by atoms with Gasteiger partial charge in [-0.2, -0.15) is 0 Å². The standard InChI is InChI=1S/C15H14N2O2S/c16-14(20)11-7-5-10(6-8-11)9-17-15(19)12-3-1-2-4-13(12)18/h1-8,18H,9H2,(H2,16,20)(H,17,19). The minimum atomic E-state index is -0.318. The number of carbonyl (C=O) groups excluding carboxylic acids is 1. The molecule has 0 saturated heterocycles. The Morgan fingerprint density at radius 1 is 1.15 bits per heavy atom. The molecule has 0 saturated carbocycles. The van der Waals surface area contributed by atoms with Crippen molar-refractivity contribution >= 4 is 23.1 Å². The van der Waals surface area contributed by atoms with Crippen molar-refractivity contribution in [3.05, 3.63) is 65.2 Å². The van der Waals surface area contributed by atoms with Crippen molar-refractivity contribution < 1.29 is 9.90 Å². The molecule has 0 spiro atoms. The van der Waals surface area contributed by atoms with Gasteiger partial charge < -0.3 is 16.2 Å². The van der Waals surface area contributed by atoms with Crippen LogP contribution in [0.25, 0.3) is 0 Å². The van der Waals surface area contributed by atoms with Gasteiger partial charge in [-0.15, -0.1) is 0 Å². The first-order chi connectivity index (χ1) is 9.58. The number of phenols is 1. The fourth-order valence-electron chi connectivity index (χ4n) is 1.73. The molecule has 0 radical (unpaired) electrons. The lowest BCUT2D eigenvalue weighted by molar-refractivity contribution is 0.0948. The molecule has 0 heterocycles. The summed E-state index contributed by atoms with van der Waals surface area (Å²) in [6.45, 7) is 0.366. The second kappa shape index (κ2) is 6.16. The van der Waals surface area contributed by atoms with Crippen molar-refractivity contribution in [1.82, 2.24) is 5.32 Å². The maximum atomic E-state index is 11.9. The van der Waals surface area contributed by atoms with Gasteiger partial charge >= 0.3 is 0 Å². The van der Waals surface area contributed by atoms with E-state index in [-0.39, 0.29) is 17.2 Å². The van der Waals surface area contributed by atoms with Gasteiger partial charge in [0.05, 0.1) is 5.56 Å². The van der Waals surface area contributed by atoms with E-state index in [2.05, 4.69) is 5.32 Å². The van der Waals surface area contributed by atoms with Crippen molar-refractivity contribution in [3.63, 3.8) is 0 Å². The monoisotopic (exact) mass is 286 g/mol. The highest BCUT2D eigenvalue weighted by Crippen LogP contribution is 2.15. The summed E-state index contributed by atoms with van der Waals surface area (Å²) in [5.41, 5.74) is 7.48. The van der Waals surface area contributed by atoms with Crippen LogP contribution in [0.15, 0.2) is 48.5 Å². The first kappa shape index (κ1) is 14.0. The number of aromatic hydroxyl groups is 1. The first-order valence-corrected chi connectivity index (χ1v) is 6.43. The Morgan fingerprint density at radius 3 is 2.40 bits per heavy atom. The van der Waals surface area contributed by atoms with Crippen LogP contribution in [0.5, 0.6) is 5.75 Å². The molecule has 0 bridgehead atoms. The number of thiocarbonyl (C=S) groups is 1. The van der Waals surface area contributed by atoms with Crippen LogP contribution in [0.2, 0.25) is 0 Å². The van der Waals surface area contributed by atoms with Crippen molar-refractivity contribution in [2.24, 2.45) is 5.73 Å². The zero-order valence-corrected chi connectivity index (χ0v) is 11.5. The molecule has 2 aromatic carbocycles. The van der Waals surface area contributed by atoms with Crippen molar-refractivity contribution in [1.29, 1.82) is 0 Å². The molecular weight excluding hydrogens is 272 g/mol. The topological polar surface area (TPSA) is 75.3 Å². The van der Waals surface area contributed by atoms with Gasteiger partial charge in [0, 0.05) is 12.1 Å². The zero-order valence-electron chi connectivity index (χ0n) is 10.7. The Labute approximate surface area is 122 Å². The van der Waals surface area contributed by atoms with Crippen LogP contribution in [0.1, 0.15) is 21.5 Å². The van der Waals surface area contributed by atoms with E-state index in [0.717, 1.165) is 11.1 Å². The summed E-state index contributed by atoms with van der Waals surface area (Å²) in [5, 5.41) is 12.3. The lowest BCUT2D eigenvalue weighted by atomic mass is 10.1. The highest BCUT2D eigenvalue weighted by molar-refractivity contribution is 7.80. The molecule has 0 aliphatic rings. The zero-order chi connectivity index (χ0) is 14.5. The molecule has 1 amide bonds. The fourth-order valence-corrected chi connectivity index (χ4v) is 1.87. The van der Waals surface area contributed by atoms with Gasteiger partial charge in [0.15, 0.2) is 0 Å². The van der Waals surface area contributed by atoms with Crippen LogP contribution in [-0.2, 0) is 6.54 Å². The van der Waals surface area contributed by atoms with Gasteiger partial charge in [-0.1, -0.05) is 48.6 Å². The summed E-state index contributed by atoms with van der Waals surface area (Å²) in [6, 6.07) is 13.7. The number of carbonyl (C=O) groups is 1. The van der Waals surface area contributed by atoms with Gasteiger partial charge in [0.1, 0.15) is 10.7 Å². The fraction of sp³-hybridized carbons (Fsp3) is 0.0667. The minimum absolute atomic E-state index is 0.0335. The maximum absolute atomic E-state index is 11.9. The third-order valence-corrected chi connectivity index (χ3v) is 3.08. The highest BCUT2D eigenvalue weighted by Gasteiger charge is 2.09. The second-order valence-corrected chi connectivity index (χ2v) is 4.70. The van der Waals surface area contributed by atoms with Gasteiger partial charge in [-0.25, -0.2) is 0 Å². The summed E-state index contributed by atoms with van der Waals surface area (Å²) in [4.78, 5) is 12.2. The largest absolute Gasteiger partial charge is 0.507 e. The predicted molar refractivity (Wildman–Crippen MR) is 81.6 cm³/mol. The Kier molecular flexibility index (Phi) is 4.32. The number of para-hydroxylation sites is 1. The average molecular weight is 286 g/mol. The molecule has 0 fully saturated rings. The molecule has 4 nitrogen and oxygen atoms in total. The van der Waals surface area contributed by atoms with E-state index in [1.165, 1.54) is 6.07 Å². The second-order valence-electron chi connectivity index (χ2n) is 4.26. The number of benzene rings is 2. The van der Waals surface area contributed by atoms with E-state index in [1.807, 2.05) is 24.3 Å². The predicted octanol–water partition coefficient (Wildman–Crippen LogP) is 1.96. The quantitative estimate of drug-likeness (QED) is 0.751.